The summed E-state index contributed by atoms with van der Waals surface area (Å²) in [7, 11) is 1.73. The maximum atomic E-state index is 5.46. The smallest absolute Gasteiger partial charge is 0.122 e. The fourth-order valence-corrected chi connectivity index (χ4v) is 3.38. The molecule has 112 valence electrons. The highest BCUT2D eigenvalue weighted by molar-refractivity contribution is 9.09. The van der Waals surface area contributed by atoms with Crippen LogP contribution in [0, 0.1) is 0 Å². The minimum Gasteiger partial charge on any atom is -0.496 e. The van der Waals surface area contributed by atoms with Crippen molar-refractivity contribution in [3.05, 3.63) is 65.2 Å². The molecule has 1 unspecified atom stereocenters. The summed E-state index contributed by atoms with van der Waals surface area (Å²) in [4.78, 5) is 0.282. The maximum Gasteiger partial charge on any atom is 0.122 e. The van der Waals surface area contributed by atoms with Crippen LogP contribution in [0.1, 0.15) is 42.3 Å². The second kappa shape index (κ2) is 6.65. The molecule has 21 heavy (non-hydrogen) atoms. The SMILES string of the molecule is COc1ccccc1CC(Br)c1ccccc1C(C)(C)C. The third-order valence-corrected chi connectivity index (χ3v) is 4.51. The lowest BCUT2D eigenvalue weighted by Gasteiger charge is -2.25. The largest absolute Gasteiger partial charge is 0.496 e. The average Bonchev–Trinajstić information content (AvgIpc) is 2.47. The van der Waals surface area contributed by atoms with Crippen LogP contribution in [-0.4, -0.2) is 7.11 Å². The van der Waals surface area contributed by atoms with Crippen LogP contribution in [0.25, 0.3) is 0 Å². The second-order valence-electron chi connectivity index (χ2n) is 6.32. The molecule has 0 amide bonds. The van der Waals surface area contributed by atoms with Crippen molar-refractivity contribution in [2.24, 2.45) is 0 Å². The first kappa shape index (κ1) is 16.1. The number of alkyl halides is 1. The lowest BCUT2D eigenvalue weighted by atomic mass is 9.82. The van der Waals surface area contributed by atoms with Gasteiger partial charge in [-0.3, -0.25) is 0 Å². The molecule has 2 rings (SSSR count). The summed E-state index contributed by atoms with van der Waals surface area (Å²) in [6.07, 6.45) is 0.914. The van der Waals surface area contributed by atoms with Crippen LogP contribution in [0.3, 0.4) is 0 Å². The van der Waals surface area contributed by atoms with Gasteiger partial charge in [-0.15, -0.1) is 0 Å². The molecule has 0 radical (unpaired) electrons. The summed E-state index contributed by atoms with van der Waals surface area (Å²) in [6.45, 7) is 6.78. The molecule has 0 aliphatic rings. The van der Waals surface area contributed by atoms with Crippen molar-refractivity contribution < 1.29 is 4.74 Å². The highest BCUT2D eigenvalue weighted by atomic mass is 79.9. The summed E-state index contributed by atoms with van der Waals surface area (Å²) in [5.41, 5.74) is 4.12. The second-order valence-corrected chi connectivity index (χ2v) is 7.43. The molecule has 1 nitrogen and oxygen atoms in total. The molecule has 0 saturated heterocycles. The minimum absolute atomic E-state index is 0.142. The van der Waals surface area contributed by atoms with Crippen LogP contribution in [-0.2, 0) is 11.8 Å². The van der Waals surface area contributed by atoms with Gasteiger partial charge in [0, 0.05) is 4.83 Å². The third kappa shape index (κ3) is 3.88. The van der Waals surface area contributed by atoms with Gasteiger partial charge in [-0.05, 0) is 34.6 Å². The predicted molar refractivity (Wildman–Crippen MR) is 93.5 cm³/mol. The van der Waals surface area contributed by atoms with Gasteiger partial charge in [-0.25, -0.2) is 0 Å². The van der Waals surface area contributed by atoms with Crippen LogP contribution in [0.15, 0.2) is 48.5 Å². The molecule has 0 aromatic heterocycles. The Hall–Kier alpha value is -1.28. The number of benzene rings is 2. The fraction of sp³-hybridized carbons (Fsp3) is 0.368. The Morgan fingerprint density at radius 2 is 1.62 bits per heavy atom. The topological polar surface area (TPSA) is 9.23 Å². The van der Waals surface area contributed by atoms with E-state index in [1.807, 2.05) is 12.1 Å². The van der Waals surface area contributed by atoms with Gasteiger partial charge in [0.25, 0.3) is 0 Å². The summed E-state index contributed by atoms with van der Waals surface area (Å²) in [5, 5.41) is 0. The summed E-state index contributed by atoms with van der Waals surface area (Å²) in [5.74, 6) is 0.954. The molecule has 0 bridgehead atoms. The van der Waals surface area contributed by atoms with E-state index in [0.29, 0.717) is 0 Å². The molecule has 2 aromatic rings. The van der Waals surface area contributed by atoms with E-state index in [1.165, 1.54) is 16.7 Å². The Balaban J connectivity index is 2.31. The zero-order valence-corrected chi connectivity index (χ0v) is 14.8. The normalized spacial score (nSPS) is 13.0. The molecule has 0 N–H and O–H groups in total. The Bertz CT molecular complexity index is 599. The number of hydrogen-bond acceptors (Lipinski definition) is 1. The number of ether oxygens (including phenoxy) is 1. The lowest BCUT2D eigenvalue weighted by Crippen LogP contribution is -2.15. The molecule has 0 fully saturated rings. The lowest BCUT2D eigenvalue weighted by molar-refractivity contribution is 0.409. The van der Waals surface area contributed by atoms with E-state index in [0.717, 1.165) is 12.2 Å². The standard InChI is InChI=1S/C19H23BrO/c1-19(2,3)16-11-7-6-10-15(16)17(20)13-14-9-5-8-12-18(14)21-4/h5-12,17H,13H2,1-4H3. The number of halogens is 1. The van der Waals surface area contributed by atoms with Crippen LogP contribution in [0.4, 0.5) is 0 Å². The van der Waals surface area contributed by atoms with Crippen molar-refractivity contribution in [2.75, 3.05) is 7.11 Å². The molecule has 0 saturated carbocycles. The van der Waals surface area contributed by atoms with Crippen molar-refractivity contribution in [3.8, 4) is 5.75 Å². The van der Waals surface area contributed by atoms with Crippen molar-refractivity contribution in [2.45, 2.75) is 37.4 Å². The molecule has 0 aliphatic carbocycles. The van der Waals surface area contributed by atoms with Gasteiger partial charge >= 0.3 is 0 Å². The zero-order chi connectivity index (χ0) is 15.5. The number of para-hydroxylation sites is 1. The van der Waals surface area contributed by atoms with E-state index in [2.05, 4.69) is 73.1 Å². The molecule has 0 heterocycles. The van der Waals surface area contributed by atoms with Crippen molar-refractivity contribution in [3.63, 3.8) is 0 Å². The molecular formula is C19H23BrO. The van der Waals surface area contributed by atoms with Gasteiger partial charge in [0.2, 0.25) is 0 Å². The molecule has 1 atom stereocenters. The predicted octanol–water partition coefficient (Wildman–Crippen LogP) is 5.67. The molecular weight excluding hydrogens is 324 g/mol. The molecule has 0 spiro atoms. The van der Waals surface area contributed by atoms with Gasteiger partial charge < -0.3 is 4.74 Å². The van der Waals surface area contributed by atoms with E-state index in [4.69, 9.17) is 4.74 Å². The van der Waals surface area contributed by atoms with Crippen molar-refractivity contribution >= 4 is 15.9 Å². The highest BCUT2D eigenvalue weighted by Crippen LogP contribution is 2.36. The average molecular weight is 347 g/mol. The van der Waals surface area contributed by atoms with Crippen molar-refractivity contribution in [1.29, 1.82) is 0 Å². The van der Waals surface area contributed by atoms with Crippen LogP contribution in [0.2, 0.25) is 0 Å². The summed E-state index contributed by atoms with van der Waals surface area (Å²) < 4.78 is 5.46. The molecule has 0 aliphatic heterocycles. The Kier molecular flexibility index (Phi) is 5.10. The Morgan fingerprint density at radius 3 is 2.29 bits per heavy atom. The molecule has 2 heteroatoms. The van der Waals surface area contributed by atoms with E-state index in [-0.39, 0.29) is 10.2 Å². The first-order valence-corrected chi connectivity index (χ1v) is 8.20. The van der Waals surface area contributed by atoms with Gasteiger partial charge in [0.1, 0.15) is 5.75 Å². The quantitative estimate of drug-likeness (QED) is 0.648. The maximum absolute atomic E-state index is 5.46. The van der Waals surface area contributed by atoms with Crippen LogP contribution in [0.5, 0.6) is 5.75 Å². The van der Waals surface area contributed by atoms with E-state index >= 15 is 0 Å². The van der Waals surface area contributed by atoms with Gasteiger partial charge in [0.15, 0.2) is 0 Å². The van der Waals surface area contributed by atoms with E-state index in [1.54, 1.807) is 7.11 Å². The highest BCUT2D eigenvalue weighted by Gasteiger charge is 2.21. The summed E-state index contributed by atoms with van der Waals surface area (Å²) >= 11 is 3.87. The fourth-order valence-electron chi connectivity index (χ4n) is 2.63. The Morgan fingerprint density at radius 1 is 1.00 bits per heavy atom. The van der Waals surface area contributed by atoms with Crippen LogP contribution >= 0.6 is 15.9 Å². The number of methoxy groups -OCH3 is 1. The van der Waals surface area contributed by atoms with Crippen molar-refractivity contribution in [1.82, 2.24) is 0 Å². The van der Waals surface area contributed by atoms with Gasteiger partial charge in [-0.2, -0.15) is 0 Å². The molecule has 2 aromatic carbocycles. The monoisotopic (exact) mass is 346 g/mol. The third-order valence-electron chi connectivity index (χ3n) is 3.70. The first-order chi connectivity index (χ1) is 9.93. The zero-order valence-electron chi connectivity index (χ0n) is 13.2. The van der Waals surface area contributed by atoms with Gasteiger partial charge in [-0.1, -0.05) is 79.2 Å². The Labute approximate surface area is 136 Å². The first-order valence-electron chi connectivity index (χ1n) is 7.29. The number of rotatable bonds is 4. The van der Waals surface area contributed by atoms with E-state index < -0.39 is 0 Å². The van der Waals surface area contributed by atoms with Crippen LogP contribution < -0.4 is 4.74 Å². The number of hydrogen-bond donors (Lipinski definition) is 0. The summed E-state index contributed by atoms with van der Waals surface area (Å²) in [6, 6.07) is 16.9. The minimum atomic E-state index is 0.142. The van der Waals surface area contributed by atoms with Gasteiger partial charge in [0.05, 0.1) is 7.11 Å². The van der Waals surface area contributed by atoms with E-state index in [9.17, 15) is 0 Å².